The highest BCUT2D eigenvalue weighted by molar-refractivity contribution is 5.93. The molecule has 0 saturated carbocycles. The molecular weight excluding hydrogens is 362 g/mol. The number of esters is 1. The van der Waals surface area contributed by atoms with Crippen LogP contribution in [0.2, 0.25) is 0 Å². The zero-order valence-corrected chi connectivity index (χ0v) is 16.1. The molecule has 2 heterocycles. The summed E-state index contributed by atoms with van der Waals surface area (Å²) in [7, 11) is 0. The van der Waals surface area contributed by atoms with Crippen LogP contribution >= 0.6 is 0 Å². The summed E-state index contributed by atoms with van der Waals surface area (Å²) in [5.74, 6) is -1.56. The number of hydrogen-bond donors (Lipinski definition) is 2. The molecule has 2 amide bonds. The molecule has 8 heteroatoms. The molecule has 0 radical (unpaired) electrons. The first-order valence-corrected chi connectivity index (χ1v) is 9.40. The summed E-state index contributed by atoms with van der Waals surface area (Å²) in [6, 6.07) is 7.00. The second-order valence-corrected chi connectivity index (χ2v) is 7.23. The van der Waals surface area contributed by atoms with Crippen molar-refractivity contribution in [3.05, 3.63) is 30.5 Å². The number of fused-ring (bicyclic) bond motifs is 1. The molecule has 1 aromatic carbocycles. The molecule has 2 unspecified atom stereocenters. The molecule has 3 rings (SSSR count). The van der Waals surface area contributed by atoms with Gasteiger partial charge in [0.1, 0.15) is 6.54 Å². The van der Waals surface area contributed by atoms with Crippen molar-refractivity contribution in [3.63, 3.8) is 0 Å². The number of carbonyl (C=O) groups is 3. The Bertz CT molecular complexity index is 891. The number of carboxylic acids is 1. The Labute approximate surface area is 163 Å². The number of carbonyl (C=O) groups excluding carboxylic acids is 2. The number of piperidine rings is 1. The Morgan fingerprint density at radius 3 is 2.75 bits per heavy atom. The Balaban J connectivity index is 1.69. The number of benzene rings is 1. The number of carboxylic acid groups (broad SMARTS) is 1. The highest BCUT2D eigenvalue weighted by atomic mass is 16.5. The van der Waals surface area contributed by atoms with Crippen LogP contribution in [0.4, 0.5) is 10.5 Å². The van der Waals surface area contributed by atoms with E-state index in [1.807, 2.05) is 25.1 Å². The molecule has 0 aliphatic carbocycles. The molecule has 2 aromatic rings. The molecular formula is C20H25N3O5. The molecule has 1 aliphatic rings. The molecule has 1 fully saturated rings. The second-order valence-electron chi connectivity index (χ2n) is 7.23. The van der Waals surface area contributed by atoms with Gasteiger partial charge >= 0.3 is 18.0 Å². The van der Waals surface area contributed by atoms with E-state index in [4.69, 9.17) is 4.74 Å². The molecule has 0 spiro atoms. The van der Waals surface area contributed by atoms with Crippen molar-refractivity contribution in [1.29, 1.82) is 0 Å². The maximum atomic E-state index is 12.6. The smallest absolute Gasteiger partial charge is 0.325 e. The molecule has 150 valence electrons. The maximum absolute atomic E-state index is 12.6. The van der Waals surface area contributed by atoms with Gasteiger partial charge in [-0.05, 0) is 43.5 Å². The number of urea groups is 1. The third-order valence-electron chi connectivity index (χ3n) is 4.92. The highest BCUT2D eigenvalue weighted by Gasteiger charge is 2.31. The minimum Gasteiger partial charge on any atom is -0.481 e. The third-order valence-corrected chi connectivity index (χ3v) is 4.92. The summed E-state index contributed by atoms with van der Waals surface area (Å²) < 4.78 is 6.77. The van der Waals surface area contributed by atoms with Crippen molar-refractivity contribution in [1.82, 2.24) is 9.47 Å². The van der Waals surface area contributed by atoms with Crippen LogP contribution < -0.4 is 5.32 Å². The van der Waals surface area contributed by atoms with Gasteiger partial charge in [0, 0.05) is 35.9 Å². The monoisotopic (exact) mass is 387 g/mol. The summed E-state index contributed by atoms with van der Waals surface area (Å²) in [4.78, 5) is 37.1. The van der Waals surface area contributed by atoms with Gasteiger partial charge in [0.2, 0.25) is 0 Å². The zero-order valence-electron chi connectivity index (χ0n) is 16.1. The van der Waals surface area contributed by atoms with Crippen LogP contribution in [0.15, 0.2) is 30.5 Å². The molecule has 28 heavy (non-hydrogen) atoms. The first-order chi connectivity index (χ1) is 13.4. The van der Waals surface area contributed by atoms with E-state index >= 15 is 0 Å². The number of amides is 2. The van der Waals surface area contributed by atoms with Crippen LogP contribution in [-0.4, -0.2) is 52.2 Å². The number of likely N-dealkylation sites (tertiary alicyclic amines) is 1. The van der Waals surface area contributed by atoms with Crippen LogP contribution in [0, 0.1) is 11.8 Å². The number of aliphatic carboxylic acids is 1. The number of ether oxygens (including phenoxy) is 1. The summed E-state index contributed by atoms with van der Waals surface area (Å²) in [5, 5.41) is 13.0. The van der Waals surface area contributed by atoms with Crippen molar-refractivity contribution in [3.8, 4) is 0 Å². The average Bonchev–Trinajstić information content (AvgIpc) is 3.03. The van der Waals surface area contributed by atoms with Gasteiger partial charge in [-0.2, -0.15) is 0 Å². The van der Waals surface area contributed by atoms with Crippen LogP contribution in [-0.2, 0) is 20.9 Å². The van der Waals surface area contributed by atoms with Gasteiger partial charge in [-0.15, -0.1) is 0 Å². The van der Waals surface area contributed by atoms with Crippen molar-refractivity contribution >= 4 is 34.6 Å². The molecule has 2 atom stereocenters. The van der Waals surface area contributed by atoms with Gasteiger partial charge in [-0.3, -0.25) is 9.59 Å². The fourth-order valence-corrected chi connectivity index (χ4v) is 3.66. The van der Waals surface area contributed by atoms with Gasteiger partial charge in [0.25, 0.3) is 0 Å². The van der Waals surface area contributed by atoms with Crippen LogP contribution in [0.1, 0.15) is 20.3 Å². The van der Waals surface area contributed by atoms with Gasteiger partial charge in [0.15, 0.2) is 0 Å². The average molecular weight is 387 g/mol. The van der Waals surface area contributed by atoms with E-state index in [0.29, 0.717) is 25.3 Å². The van der Waals surface area contributed by atoms with Gasteiger partial charge < -0.3 is 24.6 Å². The fourth-order valence-electron chi connectivity index (χ4n) is 3.66. The second kappa shape index (κ2) is 8.33. The lowest BCUT2D eigenvalue weighted by Gasteiger charge is -2.34. The topological polar surface area (TPSA) is 101 Å². The van der Waals surface area contributed by atoms with Gasteiger partial charge in [-0.1, -0.05) is 6.92 Å². The van der Waals surface area contributed by atoms with Crippen LogP contribution in [0.3, 0.4) is 0 Å². The summed E-state index contributed by atoms with van der Waals surface area (Å²) >= 11 is 0. The lowest BCUT2D eigenvalue weighted by atomic mass is 9.91. The molecule has 1 saturated heterocycles. The summed E-state index contributed by atoms with van der Waals surface area (Å²) in [6.07, 6.45) is 2.38. The largest absolute Gasteiger partial charge is 0.481 e. The number of aromatic nitrogens is 1. The van der Waals surface area contributed by atoms with E-state index in [-0.39, 0.29) is 31.0 Å². The fraction of sp³-hybridized carbons (Fsp3) is 0.450. The van der Waals surface area contributed by atoms with Crippen molar-refractivity contribution < 1.29 is 24.2 Å². The van der Waals surface area contributed by atoms with E-state index < -0.39 is 11.9 Å². The SMILES string of the molecule is CCOC(=O)Cn1ccc2cc(NC(=O)N3CC(C)CC(C(=O)O)C3)ccc21. The number of hydrogen-bond acceptors (Lipinski definition) is 4. The third kappa shape index (κ3) is 4.44. The Morgan fingerprint density at radius 2 is 2.04 bits per heavy atom. The number of nitrogens with zero attached hydrogens (tertiary/aromatic N) is 2. The first-order valence-electron chi connectivity index (χ1n) is 9.40. The predicted molar refractivity (Wildman–Crippen MR) is 104 cm³/mol. The highest BCUT2D eigenvalue weighted by Crippen LogP contribution is 2.24. The zero-order chi connectivity index (χ0) is 20.3. The van der Waals surface area contributed by atoms with Gasteiger partial charge in [-0.25, -0.2) is 4.79 Å². The van der Waals surface area contributed by atoms with E-state index in [1.165, 1.54) is 0 Å². The molecule has 2 N–H and O–H groups in total. The first kappa shape index (κ1) is 19.7. The summed E-state index contributed by atoms with van der Waals surface area (Å²) in [5.41, 5.74) is 1.49. The quantitative estimate of drug-likeness (QED) is 0.769. The maximum Gasteiger partial charge on any atom is 0.325 e. The molecule has 8 nitrogen and oxygen atoms in total. The Kier molecular flexibility index (Phi) is 5.87. The molecule has 0 bridgehead atoms. The Hall–Kier alpha value is -3.03. The van der Waals surface area contributed by atoms with E-state index in [9.17, 15) is 19.5 Å². The minimum atomic E-state index is -0.867. The van der Waals surface area contributed by atoms with E-state index in [0.717, 1.165) is 10.9 Å². The number of anilines is 1. The lowest BCUT2D eigenvalue weighted by Crippen LogP contribution is -2.47. The van der Waals surface area contributed by atoms with Crippen LogP contribution in [0.5, 0.6) is 0 Å². The standard InChI is InChI=1S/C20H25N3O5/c1-3-28-18(24)12-22-7-6-14-9-16(4-5-17(14)22)21-20(27)23-10-13(2)8-15(11-23)19(25)26/h4-7,9,13,15H,3,8,10-12H2,1-2H3,(H,21,27)(H,25,26). The molecule has 1 aromatic heterocycles. The van der Waals surface area contributed by atoms with Crippen LogP contribution in [0.25, 0.3) is 10.9 Å². The summed E-state index contributed by atoms with van der Waals surface area (Å²) in [6.45, 7) is 4.94. The van der Waals surface area contributed by atoms with Crippen molar-refractivity contribution in [2.75, 3.05) is 25.0 Å². The van der Waals surface area contributed by atoms with E-state index in [2.05, 4.69) is 5.32 Å². The molecule has 1 aliphatic heterocycles. The number of nitrogens with one attached hydrogen (secondary N) is 1. The minimum absolute atomic E-state index is 0.130. The van der Waals surface area contributed by atoms with Crippen molar-refractivity contribution in [2.45, 2.75) is 26.8 Å². The predicted octanol–water partition coefficient (Wildman–Crippen LogP) is 2.78. The van der Waals surface area contributed by atoms with E-state index in [1.54, 1.807) is 28.7 Å². The van der Waals surface area contributed by atoms with Gasteiger partial charge in [0.05, 0.1) is 12.5 Å². The number of rotatable bonds is 5. The van der Waals surface area contributed by atoms with Crippen molar-refractivity contribution in [2.24, 2.45) is 11.8 Å². The lowest BCUT2D eigenvalue weighted by molar-refractivity contribution is -0.144. The Morgan fingerprint density at radius 1 is 1.25 bits per heavy atom. The normalized spacial score (nSPS) is 19.4.